The standard InChI is InChI=1S/C10H8N2O.C2H6.CH3.Y/c13-9-5-4-8-10-6(9)2-1-3-7(10)11-12-8;1-2;;/h1-3H,4-5H2,(H,11,12,13);1-2H3;1H3;/q;;-1;/p-1. The molecule has 1 aliphatic carbocycles. The Morgan fingerprint density at radius 2 is 1.94 bits per heavy atom. The Balaban J connectivity index is 0.000000611. The van der Waals surface area contributed by atoms with Crippen LogP contribution >= 0.6 is 0 Å². The van der Waals surface area contributed by atoms with Crippen LogP contribution in [0.1, 0.15) is 36.3 Å². The number of Topliss-reactive ketones (excluding diaryl/α,β-unsaturated/α-hetero) is 1. The van der Waals surface area contributed by atoms with Crippen LogP contribution in [0, 0.1) is 7.43 Å². The first-order valence-electron chi connectivity index (χ1n) is 5.30. The number of benzene rings is 1. The third-order valence-corrected chi connectivity index (χ3v) is 2.50. The molecule has 0 fully saturated rings. The Hall–Kier alpha value is -0.536. The van der Waals surface area contributed by atoms with Crippen LogP contribution in [0.3, 0.4) is 0 Å². The Bertz CT molecular complexity index is 505. The first kappa shape index (κ1) is 16.5. The van der Waals surface area contributed by atoms with Gasteiger partial charge in [-0.1, -0.05) is 26.0 Å². The van der Waals surface area contributed by atoms with Gasteiger partial charge in [-0.3, -0.25) is 4.79 Å². The summed E-state index contributed by atoms with van der Waals surface area (Å²) in [5.41, 5.74) is 2.62. The van der Waals surface area contributed by atoms with Crippen molar-refractivity contribution in [3.8, 4) is 0 Å². The summed E-state index contributed by atoms with van der Waals surface area (Å²) in [6.07, 6.45) is 1.32. The predicted octanol–water partition coefficient (Wildman–Crippen LogP) is 2.79. The summed E-state index contributed by atoms with van der Waals surface area (Å²) < 4.78 is 0. The number of aromatic nitrogens is 2. The van der Waals surface area contributed by atoms with E-state index in [0.717, 1.165) is 28.6 Å². The quantitative estimate of drug-likeness (QED) is 0.703. The average Bonchev–Trinajstić information content (AvgIpc) is 2.71. The number of hydrogen-bond donors (Lipinski definition) is 0. The second kappa shape index (κ2) is 7.02. The van der Waals surface area contributed by atoms with Crippen molar-refractivity contribution in [3.05, 3.63) is 36.9 Å². The van der Waals surface area contributed by atoms with Gasteiger partial charge in [0, 0.05) is 50.2 Å². The van der Waals surface area contributed by atoms with Crippen molar-refractivity contribution in [2.45, 2.75) is 26.7 Å². The van der Waals surface area contributed by atoms with Crippen LogP contribution in [-0.2, 0) is 39.1 Å². The van der Waals surface area contributed by atoms with E-state index in [2.05, 4.69) is 10.2 Å². The van der Waals surface area contributed by atoms with E-state index in [4.69, 9.17) is 0 Å². The summed E-state index contributed by atoms with van der Waals surface area (Å²) in [5, 5.41) is 9.05. The molecule has 0 amide bonds. The fourth-order valence-electron chi connectivity index (χ4n) is 1.86. The molecule has 0 bridgehead atoms. The number of hydrogen-bond acceptors (Lipinski definition) is 2. The summed E-state index contributed by atoms with van der Waals surface area (Å²) in [7, 11) is 0. The van der Waals surface area contributed by atoms with E-state index in [-0.39, 0.29) is 45.9 Å². The average molecular weight is 305 g/mol. The normalized spacial score (nSPS) is 12.0. The molecule has 3 nitrogen and oxygen atoms in total. The first-order chi connectivity index (χ1) is 7.36. The second-order valence-corrected chi connectivity index (χ2v) is 3.27. The molecule has 1 heterocycles. The number of aryl methyl sites for hydroxylation is 1. The van der Waals surface area contributed by atoms with Crippen LogP contribution in [0.15, 0.2) is 18.2 Å². The molecule has 89 valence electrons. The Morgan fingerprint density at radius 1 is 1.24 bits per heavy atom. The number of nitrogens with zero attached hydrogens (tertiary/aromatic N) is 2. The van der Waals surface area contributed by atoms with E-state index >= 15 is 0 Å². The molecular weight excluding hydrogens is 289 g/mol. The maximum Gasteiger partial charge on any atom is 0.163 e. The molecule has 1 aromatic heterocycles. The van der Waals surface area contributed by atoms with Crippen LogP contribution in [0.4, 0.5) is 0 Å². The van der Waals surface area contributed by atoms with Crippen molar-refractivity contribution >= 4 is 16.7 Å². The summed E-state index contributed by atoms with van der Waals surface area (Å²) in [5.74, 6) is 0.216. The molecule has 0 spiro atoms. The van der Waals surface area contributed by atoms with Crippen molar-refractivity contribution in [1.82, 2.24) is 10.2 Å². The van der Waals surface area contributed by atoms with Gasteiger partial charge in [-0.05, 0) is 17.9 Å². The van der Waals surface area contributed by atoms with Crippen molar-refractivity contribution < 1.29 is 37.5 Å². The summed E-state index contributed by atoms with van der Waals surface area (Å²) in [4.78, 5) is 11.5. The van der Waals surface area contributed by atoms with Gasteiger partial charge in [-0.25, -0.2) is 0 Å². The third-order valence-electron chi connectivity index (χ3n) is 2.50. The minimum atomic E-state index is 0. The number of ketones is 1. The minimum Gasteiger partial charge on any atom is -0.578 e. The van der Waals surface area contributed by atoms with Crippen LogP contribution in [0.5, 0.6) is 0 Å². The largest absolute Gasteiger partial charge is 0.578 e. The Morgan fingerprint density at radius 3 is 2.65 bits per heavy atom. The van der Waals surface area contributed by atoms with Gasteiger partial charge in [0.05, 0.1) is 0 Å². The smallest absolute Gasteiger partial charge is 0.163 e. The molecule has 3 rings (SSSR count). The molecule has 0 saturated heterocycles. The van der Waals surface area contributed by atoms with Crippen LogP contribution < -0.4 is 5.10 Å². The van der Waals surface area contributed by atoms with Gasteiger partial charge >= 0.3 is 0 Å². The molecule has 0 saturated carbocycles. The first-order valence-corrected chi connectivity index (χ1v) is 5.30. The maximum atomic E-state index is 11.5. The fraction of sp³-hybridized carbons (Fsp3) is 0.308. The summed E-state index contributed by atoms with van der Waals surface area (Å²) in [6.45, 7) is 4.00. The molecule has 0 atom stereocenters. The molecule has 4 heteroatoms. The van der Waals surface area contributed by atoms with E-state index in [1.54, 1.807) is 0 Å². The number of carbonyl (C=O) groups excluding carboxylic acids is 1. The van der Waals surface area contributed by atoms with Crippen LogP contribution in [0.25, 0.3) is 10.9 Å². The van der Waals surface area contributed by atoms with Gasteiger partial charge in [-0.15, -0.1) is 5.69 Å². The molecule has 1 aliphatic rings. The second-order valence-electron chi connectivity index (χ2n) is 3.27. The number of carbonyl (C=O) groups is 1. The molecule has 17 heavy (non-hydrogen) atoms. The third kappa shape index (κ3) is 2.83. The van der Waals surface area contributed by atoms with Gasteiger partial charge in [0.25, 0.3) is 0 Å². The fourth-order valence-corrected chi connectivity index (χ4v) is 1.86. The van der Waals surface area contributed by atoms with Gasteiger partial charge < -0.3 is 17.6 Å². The topological polar surface area (TPSA) is 44.1 Å². The van der Waals surface area contributed by atoms with Crippen molar-refractivity contribution in [2.24, 2.45) is 0 Å². The molecule has 0 aliphatic heterocycles. The van der Waals surface area contributed by atoms with E-state index in [1.165, 1.54) is 0 Å². The summed E-state index contributed by atoms with van der Waals surface area (Å²) >= 11 is 0. The van der Waals surface area contributed by atoms with E-state index in [0.29, 0.717) is 6.42 Å². The molecule has 0 N–H and O–H groups in total. The van der Waals surface area contributed by atoms with Crippen molar-refractivity contribution in [1.29, 1.82) is 0 Å². The molecule has 1 aromatic carbocycles. The molecule has 1 radical (unpaired) electrons. The van der Waals surface area contributed by atoms with Crippen molar-refractivity contribution in [2.75, 3.05) is 0 Å². The van der Waals surface area contributed by atoms with E-state index < -0.39 is 0 Å². The maximum absolute atomic E-state index is 11.5. The van der Waals surface area contributed by atoms with Gasteiger partial charge in [0.1, 0.15) is 0 Å². The molecular formula is C13H16N2OY-2. The summed E-state index contributed by atoms with van der Waals surface area (Å²) in [6, 6.07) is 5.62. The van der Waals surface area contributed by atoms with Crippen LogP contribution in [-0.4, -0.2) is 10.9 Å². The Labute approximate surface area is 127 Å². The van der Waals surface area contributed by atoms with Gasteiger partial charge in [0.15, 0.2) is 5.78 Å². The SMILES string of the molecule is CC.O=C1CCc2[n-]nc3cccc1c23.[CH3-].[Y]. The van der Waals surface area contributed by atoms with Crippen molar-refractivity contribution in [3.63, 3.8) is 0 Å². The Kier molecular flexibility index (Phi) is 6.80. The minimum absolute atomic E-state index is 0. The predicted molar refractivity (Wildman–Crippen MR) is 65.5 cm³/mol. The van der Waals surface area contributed by atoms with E-state index in [9.17, 15) is 4.79 Å². The zero-order chi connectivity index (χ0) is 10.8. The monoisotopic (exact) mass is 305 g/mol. The zero-order valence-electron chi connectivity index (χ0n) is 10.5. The number of rotatable bonds is 0. The zero-order valence-corrected chi connectivity index (χ0v) is 13.4. The van der Waals surface area contributed by atoms with E-state index in [1.807, 2.05) is 32.0 Å². The van der Waals surface area contributed by atoms with Crippen LogP contribution in [0.2, 0.25) is 0 Å². The van der Waals surface area contributed by atoms with Gasteiger partial charge in [-0.2, -0.15) is 0 Å². The van der Waals surface area contributed by atoms with Gasteiger partial charge in [0.2, 0.25) is 0 Å². The molecule has 0 unspecified atom stereocenters. The molecule has 2 aromatic rings.